The Morgan fingerprint density at radius 2 is 2.12 bits per heavy atom. The lowest BCUT2D eigenvalue weighted by molar-refractivity contribution is 0.664. The van der Waals surface area contributed by atoms with Crippen molar-refractivity contribution in [3.8, 4) is 6.07 Å². The molecule has 1 aromatic carbocycles. The van der Waals surface area contributed by atoms with Gasteiger partial charge in [-0.1, -0.05) is 30.1 Å². The van der Waals surface area contributed by atoms with Crippen LogP contribution in [0, 0.1) is 11.3 Å². The van der Waals surface area contributed by atoms with E-state index in [0.29, 0.717) is 21.4 Å². The summed E-state index contributed by atoms with van der Waals surface area (Å²) in [6.07, 6.45) is 0.976. The summed E-state index contributed by atoms with van der Waals surface area (Å²) in [5.41, 5.74) is 0. The number of hydrogen-bond acceptors (Lipinski definition) is 2. The largest absolute Gasteiger partial charge is 0.254 e. The van der Waals surface area contributed by atoms with Crippen molar-refractivity contribution in [3.05, 3.63) is 28.2 Å². The molecule has 0 amide bonds. The van der Waals surface area contributed by atoms with E-state index in [0.717, 1.165) is 0 Å². The molecule has 1 aromatic rings. The van der Waals surface area contributed by atoms with E-state index in [-0.39, 0.29) is 11.7 Å². The zero-order chi connectivity index (χ0) is 12.1. The van der Waals surface area contributed by atoms with Gasteiger partial charge < -0.3 is 0 Å². The average molecular weight is 276 g/mol. The van der Waals surface area contributed by atoms with E-state index in [1.54, 1.807) is 18.2 Å². The predicted octanol–water partition coefficient (Wildman–Crippen LogP) is 3.79. The van der Waals surface area contributed by atoms with Gasteiger partial charge in [0.15, 0.2) is 0 Å². The van der Waals surface area contributed by atoms with Crippen LogP contribution in [-0.4, -0.2) is 9.46 Å². The smallest absolute Gasteiger partial charge is 0.0634 e. The molecule has 0 aliphatic carbocycles. The maximum atomic E-state index is 12.1. The Hall–Kier alpha value is -0.560. The number of hydrogen-bond donors (Lipinski definition) is 0. The van der Waals surface area contributed by atoms with Gasteiger partial charge in [-0.05, 0) is 24.6 Å². The molecule has 0 bridgehead atoms. The molecule has 2 atom stereocenters. The zero-order valence-electron chi connectivity index (χ0n) is 8.74. The predicted molar refractivity (Wildman–Crippen MR) is 67.2 cm³/mol. The molecule has 0 radical (unpaired) electrons. The van der Waals surface area contributed by atoms with E-state index < -0.39 is 10.8 Å². The van der Waals surface area contributed by atoms with Crippen LogP contribution >= 0.6 is 23.2 Å². The van der Waals surface area contributed by atoms with Crippen LogP contribution in [0.1, 0.15) is 19.8 Å². The molecule has 0 aliphatic rings. The number of benzene rings is 1. The summed E-state index contributed by atoms with van der Waals surface area (Å²) in [6, 6.07) is 6.95. The molecule has 86 valence electrons. The molecule has 2 nitrogen and oxygen atoms in total. The van der Waals surface area contributed by atoms with Crippen molar-refractivity contribution < 1.29 is 4.21 Å². The van der Waals surface area contributed by atoms with E-state index in [4.69, 9.17) is 28.5 Å². The van der Waals surface area contributed by atoms with Crippen LogP contribution in [0.5, 0.6) is 0 Å². The fraction of sp³-hybridized carbons (Fsp3) is 0.364. The van der Waals surface area contributed by atoms with Gasteiger partial charge >= 0.3 is 0 Å². The van der Waals surface area contributed by atoms with Gasteiger partial charge in [0.2, 0.25) is 0 Å². The molecule has 0 spiro atoms. The minimum absolute atomic E-state index is 0.151. The van der Waals surface area contributed by atoms with Crippen LogP contribution in [0.4, 0.5) is 0 Å². The van der Waals surface area contributed by atoms with Crippen molar-refractivity contribution in [1.82, 2.24) is 0 Å². The first-order chi connectivity index (χ1) is 7.60. The summed E-state index contributed by atoms with van der Waals surface area (Å²) in [6.45, 7) is 1.91. The molecule has 0 aromatic heterocycles. The summed E-state index contributed by atoms with van der Waals surface area (Å²) < 4.78 is 12.1. The van der Waals surface area contributed by atoms with Crippen LogP contribution in [-0.2, 0) is 10.8 Å². The van der Waals surface area contributed by atoms with E-state index >= 15 is 0 Å². The van der Waals surface area contributed by atoms with Gasteiger partial charge in [0.1, 0.15) is 0 Å². The quantitative estimate of drug-likeness (QED) is 0.839. The van der Waals surface area contributed by atoms with Crippen LogP contribution in [0.15, 0.2) is 23.1 Å². The van der Waals surface area contributed by atoms with Crippen molar-refractivity contribution in [3.63, 3.8) is 0 Å². The van der Waals surface area contributed by atoms with E-state index in [1.165, 1.54) is 0 Å². The normalized spacial score (nSPS) is 14.1. The van der Waals surface area contributed by atoms with Gasteiger partial charge in [-0.3, -0.25) is 4.21 Å². The van der Waals surface area contributed by atoms with E-state index in [1.807, 2.05) is 13.0 Å². The molecule has 1 rings (SSSR count). The molecule has 0 aliphatic heterocycles. The Morgan fingerprint density at radius 3 is 2.62 bits per heavy atom. The number of halogens is 2. The third kappa shape index (κ3) is 3.21. The summed E-state index contributed by atoms with van der Waals surface area (Å²) in [4.78, 5) is 0.622. The highest BCUT2D eigenvalue weighted by Crippen LogP contribution is 2.26. The van der Waals surface area contributed by atoms with Gasteiger partial charge in [-0.25, -0.2) is 0 Å². The van der Waals surface area contributed by atoms with E-state index in [9.17, 15) is 4.21 Å². The van der Waals surface area contributed by atoms with Gasteiger partial charge in [0, 0.05) is 11.3 Å². The Bertz CT molecular complexity index is 442. The lowest BCUT2D eigenvalue weighted by Crippen LogP contribution is -2.13. The van der Waals surface area contributed by atoms with Crippen molar-refractivity contribution in [2.45, 2.75) is 29.9 Å². The molecule has 5 heteroatoms. The molecule has 0 saturated heterocycles. The summed E-state index contributed by atoms with van der Waals surface area (Å²) in [5, 5.41) is 9.31. The van der Waals surface area contributed by atoms with Crippen LogP contribution in [0.25, 0.3) is 0 Å². The van der Waals surface area contributed by atoms with Crippen LogP contribution in [0.3, 0.4) is 0 Å². The van der Waals surface area contributed by atoms with Crippen LogP contribution < -0.4 is 0 Å². The van der Waals surface area contributed by atoms with Gasteiger partial charge in [0.05, 0.1) is 32.2 Å². The summed E-state index contributed by atoms with van der Waals surface area (Å²) >= 11 is 11.6. The van der Waals surface area contributed by atoms with E-state index in [2.05, 4.69) is 0 Å². The Morgan fingerprint density at radius 1 is 1.44 bits per heavy atom. The Kier molecular flexibility index (Phi) is 5.27. The minimum Gasteiger partial charge on any atom is -0.254 e. The second kappa shape index (κ2) is 6.24. The monoisotopic (exact) mass is 275 g/mol. The standard InChI is InChI=1S/C11H11Cl2NOS/c1-2-8(5-6-14)16(15)9-3-4-10(12)11(13)7-9/h3-4,7-8H,2,5H2,1H3. The van der Waals surface area contributed by atoms with Gasteiger partial charge in [0.25, 0.3) is 0 Å². The SMILES string of the molecule is CCC(CC#N)S(=O)c1ccc(Cl)c(Cl)c1. The molecule has 0 saturated carbocycles. The second-order valence-electron chi connectivity index (χ2n) is 3.27. The molecule has 0 fully saturated rings. The molecular formula is C11H11Cl2NOS. The molecular weight excluding hydrogens is 265 g/mol. The number of nitrogens with zero attached hydrogens (tertiary/aromatic N) is 1. The van der Waals surface area contributed by atoms with Crippen molar-refractivity contribution in [1.29, 1.82) is 5.26 Å². The highest BCUT2D eigenvalue weighted by atomic mass is 35.5. The maximum absolute atomic E-state index is 12.1. The number of nitriles is 1. The Labute approximate surface area is 108 Å². The first kappa shape index (κ1) is 13.5. The average Bonchev–Trinajstić information content (AvgIpc) is 2.28. The third-order valence-corrected chi connectivity index (χ3v) is 4.76. The first-order valence-electron chi connectivity index (χ1n) is 4.82. The molecule has 16 heavy (non-hydrogen) atoms. The molecule has 0 N–H and O–H groups in total. The van der Waals surface area contributed by atoms with Crippen molar-refractivity contribution in [2.75, 3.05) is 0 Å². The second-order valence-corrected chi connectivity index (χ2v) is 5.81. The van der Waals surface area contributed by atoms with Crippen LogP contribution in [0.2, 0.25) is 10.0 Å². The zero-order valence-corrected chi connectivity index (χ0v) is 11.1. The lowest BCUT2D eigenvalue weighted by Gasteiger charge is -2.11. The topological polar surface area (TPSA) is 40.9 Å². The number of rotatable bonds is 4. The highest BCUT2D eigenvalue weighted by molar-refractivity contribution is 7.85. The Balaban J connectivity index is 2.95. The van der Waals surface area contributed by atoms with Crippen molar-refractivity contribution in [2.24, 2.45) is 0 Å². The first-order valence-corrected chi connectivity index (χ1v) is 6.79. The molecule has 2 unspecified atom stereocenters. The molecule has 0 heterocycles. The maximum Gasteiger partial charge on any atom is 0.0634 e. The van der Waals surface area contributed by atoms with Crippen molar-refractivity contribution >= 4 is 34.0 Å². The summed E-state index contributed by atoms with van der Waals surface area (Å²) in [7, 11) is -1.21. The third-order valence-electron chi connectivity index (χ3n) is 2.20. The fourth-order valence-corrected chi connectivity index (χ4v) is 2.98. The lowest BCUT2D eigenvalue weighted by atomic mass is 10.3. The summed E-state index contributed by atoms with van der Waals surface area (Å²) in [5.74, 6) is 0. The van der Waals surface area contributed by atoms with Gasteiger partial charge in [-0.15, -0.1) is 0 Å². The van der Waals surface area contributed by atoms with Gasteiger partial charge in [-0.2, -0.15) is 5.26 Å². The minimum atomic E-state index is -1.21. The highest BCUT2D eigenvalue weighted by Gasteiger charge is 2.17. The fourth-order valence-electron chi connectivity index (χ4n) is 1.27.